The van der Waals surface area contributed by atoms with Crippen LogP contribution >= 0.6 is 11.3 Å². The van der Waals surface area contributed by atoms with E-state index in [1.54, 1.807) is 17.7 Å². The van der Waals surface area contributed by atoms with Gasteiger partial charge in [0.2, 0.25) is 0 Å². The first kappa shape index (κ1) is 12.0. The summed E-state index contributed by atoms with van der Waals surface area (Å²) in [5.74, 6) is 0.929. The highest BCUT2D eigenvalue weighted by Gasteiger charge is 1.98. The third kappa shape index (κ3) is 3.82. The predicted octanol–water partition coefficient (Wildman–Crippen LogP) is 3.15. The molecule has 0 fully saturated rings. The average Bonchev–Trinajstić information content (AvgIpc) is 2.83. The Morgan fingerprint density at radius 1 is 1.29 bits per heavy atom. The topological polar surface area (TPSA) is 37.8 Å². The molecule has 2 rings (SSSR count). The minimum Gasteiger partial charge on any atom is -0.370 e. The quantitative estimate of drug-likeness (QED) is 0.852. The van der Waals surface area contributed by atoms with Crippen molar-refractivity contribution in [3.63, 3.8) is 0 Å². The Morgan fingerprint density at radius 2 is 2.24 bits per heavy atom. The molecule has 0 radical (unpaired) electrons. The minimum absolute atomic E-state index is 0.916. The molecular weight excluding hydrogens is 230 g/mol. The van der Waals surface area contributed by atoms with Gasteiger partial charge >= 0.3 is 0 Å². The normalized spacial score (nSPS) is 10.4. The van der Waals surface area contributed by atoms with Gasteiger partial charge in [0.1, 0.15) is 12.1 Å². The van der Waals surface area contributed by atoms with Crippen LogP contribution in [0.25, 0.3) is 0 Å². The number of aromatic nitrogens is 2. The van der Waals surface area contributed by atoms with Gasteiger partial charge in [-0.3, -0.25) is 0 Å². The van der Waals surface area contributed by atoms with E-state index in [4.69, 9.17) is 0 Å². The maximum absolute atomic E-state index is 4.24. The molecule has 0 saturated heterocycles. The zero-order chi connectivity index (χ0) is 11.9. The van der Waals surface area contributed by atoms with E-state index in [0.29, 0.717) is 0 Å². The van der Waals surface area contributed by atoms with Crippen molar-refractivity contribution in [3.8, 4) is 0 Å². The number of rotatable bonds is 6. The fourth-order valence-electron chi connectivity index (χ4n) is 1.66. The molecule has 1 N–H and O–H groups in total. The Labute approximate surface area is 106 Å². The first-order valence-corrected chi connectivity index (χ1v) is 6.88. The Kier molecular flexibility index (Phi) is 4.50. The third-order valence-corrected chi connectivity index (χ3v) is 3.26. The van der Waals surface area contributed by atoms with Gasteiger partial charge in [-0.25, -0.2) is 9.97 Å². The highest BCUT2D eigenvalue weighted by atomic mass is 32.1. The summed E-state index contributed by atoms with van der Waals surface area (Å²) in [5.41, 5.74) is 2.49. The summed E-state index contributed by atoms with van der Waals surface area (Å²) in [7, 11) is 0. The molecule has 2 aromatic rings. The lowest BCUT2D eigenvalue weighted by Gasteiger charge is -2.05. The van der Waals surface area contributed by atoms with E-state index in [1.165, 1.54) is 5.56 Å². The molecule has 0 atom stereocenters. The number of anilines is 1. The molecule has 0 unspecified atom stereocenters. The average molecular weight is 247 g/mol. The number of hydrogen-bond donors (Lipinski definition) is 1. The van der Waals surface area contributed by atoms with Gasteiger partial charge in [0.25, 0.3) is 0 Å². The highest BCUT2D eigenvalue weighted by Crippen LogP contribution is 2.08. The van der Waals surface area contributed by atoms with Crippen LogP contribution in [0.3, 0.4) is 0 Å². The van der Waals surface area contributed by atoms with Crippen LogP contribution < -0.4 is 5.32 Å². The summed E-state index contributed by atoms with van der Waals surface area (Å²) < 4.78 is 0. The van der Waals surface area contributed by atoms with Crippen molar-refractivity contribution in [1.29, 1.82) is 0 Å². The van der Waals surface area contributed by atoms with Crippen LogP contribution in [0.1, 0.15) is 24.6 Å². The number of aryl methyl sites for hydroxylation is 1. The molecule has 90 valence electrons. The molecule has 2 heterocycles. The van der Waals surface area contributed by atoms with Gasteiger partial charge in [0.05, 0.1) is 0 Å². The molecular formula is C13H17N3S. The zero-order valence-electron chi connectivity index (χ0n) is 10.0. The van der Waals surface area contributed by atoms with Crippen LogP contribution in [-0.2, 0) is 12.8 Å². The molecule has 3 nitrogen and oxygen atoms in total. The van der Waals surface area contributed by atoms with E-state index < -0.39 is 0 Å². The van der Waals surface area contributed by atoms with Gasteiger partial charge in [0.15, 0.2) is 0 Å². The SMILES string of the molecule is CCCc1cc(NCCc2ccsc2)ncn1. The lowest BCUT2D eigenvalue weighted by Crippen LogP contribution is -2.06. The standard InChI is InChI=1S/C13H17N3S/c1-2-3-12-8-13(16-10-15-12)14-6-4-11-5-7-17-9-11/h5,7-10H,2-4,6H2,1H3,(H,14,15,16). The lowest BCUT2D eigenvalue weighted by atomic mass is 10.2. The number of nitrogens with one attached hydrogen (secondary N) is 1. The number of thiophene rings is 1. The van der Waals surface area contributed by atoms with E-state index in [9.17, 15) is 0 Å². The van der Waals surface area contributed by atoms with Crippen LogP contribution in [-0.4, -0.2) is 16.5 Å². The third-order valence-electron chi connectivity index (χ3n) is 2.53. The van der Waals surface area contributed by atoms with Crippen LogP contribution in [0, 0.1) is 0 Å². The van der Waals surface area contributed by atoms with Gasteiger partial charge in [0, 0.05) is 18.3 Å². The molecule has 0 aromatic carbocycles. The summed E-state index contributed by atoms with van der Waals surface area (Å²) in [6.45, 7) is 3.07. The van der Waals surface area contributed by atoms with Crippen molar-refractivity contribution in [2.75, 3.05) is 11.9 Å². The first-order chi connectivity index (χ1) is 8.38. The summed E-state index contributed by atoms with van der Waals surface area (Å²) in [4.78, 5) is 8.46. The van der Waals surface area contributed by atoms with Crippen molar-refractivity contribution in [1.82, 2.24) is 9.97 Å². The molecule has 0 saturated carbocycles. The number of nitrogens with zero attached hydrogens (tertiary/aromatic N) is 2. The lowest BCUT2D eigenvalue weighted by molar-refractivity contribution is 0.870. The molecule has 4 heteroatoms. The van der Waals surface area contributed by atoms with Crippen LogP contribution in [0.4, 0.5) is 5.82 Å². The van der Waals surface area contributed by atoms with Crippen molar-refractivity contribution in [2.45, 2.75) is 26.2 Å². The molecule has 0 aliphatic rings. The predicted molar refractivity (Wildman–Crippen MR) is 72.5 cm³/mol. The summed E-state index contributed by atoms with van der Waals surface area (Å²) in [5, 5.41) is 7.63. The smallest absolute Gasteiger partial charge is 0.129 e. The molecule has 0 bridgehead atoms. The van der Waals surface area contributed by atoms with Crippen molar-refractivity contribution >= 4 is 17.2 Å². The molecule has 2 aromatic heterocycles. The van der Waals surface area contributed by atoms with E-state index in [1.807, 2.05) is 6.07 Å². The first-order valence-electron chi connectivity index (χ1n) is 5.94. The van der Waals surface area contributed by atoms with Crippen molar-refractivity contribution in [3.05, 3.63) is 40.5 Å². The zero-order valence-corrected chi connectivity index (χ0v) is 10.8. The minimum atomic E-state index is 0.916. The second-order valence-electron chi connectivity index (χ2n) is 3.95. The van der Waals surface area contributed by atoms with Gasteiger partial charge in [-0.15, -0.1) is 0 Å². The highest BCUT2D eigenvalue weighted by molar-refractivity contribution is 7.07. The van der Waals surface area contributed by atoms with E-state index >= 15 is 0 Å². The second kappa shape index (κ2) is 6.35. The monoisotopic (exact) mass is 247 g/mol. The van der Waals surface area contributed by atoms with Crippen LogP contribution in [0.15, 0.2) is 29.2 Å². The van der Waals surface area contributed by atoms with Gasteiger partial charge in [-0.05, 0) is 35.2 Å². The molecule has 0 spiro atoms. The van der Waals surface area contributed by atoms with E-state index in [-0.39, 0.29) is 0 Å². The van der Waals surface area contributed by atoms with Crippen LogP contribution in [0.2, 0.25) is 0 Å². The maximum atomic E-state index is 4.24. The van der Waals surface area contributed by atoms with Crippen LogP contribution in [0.5, 0.6) is 0 Å². The Hall–Kier alpha value is -1.42. The maximum Gasteiger partial charge on any atom is 0.129 e. The molecule has 0 aliphatic carbocycles. The number of hydrogen-bond acceptors (Lipinski definition) is 4. The Bertz CT molecular complexity index is 440. The largest absolute Gasteiger partial charge is 0.370 e. The molecule has 0 aliphatic heterocycles. The van der Waals surface area contributed by atoms with Gasteiger partial charge in [-0.1, -0.05) is 13.3 Å². The fraction of sp³-hybridized carbons (Fsp3) is 0.385. The fourth-order valence-corrected chi connectivity index (χ4v) is 2.36. The molecule has 0 amide bonds. The molecule has 17 heavy (non-hydrogen) atoms. The van der Waals surface area contributed by atoms with Crippen molar-refractivity contribution in [2.24, 2.45) is 0 Å². The Morgan fingerprint density at radius 3 is 3.00 bits per heavy atom. The van der Waals surface area contributed by atoms with Gasteiger partial charge < -0.3 is 5.32 Å². The summed E-state index contributed by atoms with van der Waals surface area (Å²) in [6, 6.07) is 4.20. The summed E-state index contributed by atoms with van der Waals surface area (Å²) in [6.07, 6.45) is 4.81. The van der Waals surface area contributed by atoms with E-state index in [0.717, 1.165) is 37.3 Å². The van der Waals surface area contributed by atoms with Gasteiger partial charge in [-0.2, -0.15) is 11.3 Å². The van der Waals surface area contributed by atoms with Crippen molar-refractivity contribution < 1.29 is 0 Å². The van der Waals surface area contributed by atoms with E-state index in [2.05, 4.69) is 39.0 Å². The Balaban J connectivity index is 1.84. The summed E-state index contributed by atoms with van der Waals surface area (Å²) >= 11 is 1.74. The second-order valence-corrected chi connectivity index (χ2v) is 4.73.